The molecule has 16 heteroatoms. The van der Waals surface area contributed by atoms with Crippen molar-refractivity contribution in [2.75, 3.05) is 0 Å². The second kappa shape index (κ2) is 32.2. The Bertz CT molecular complexity index is 3220. The molecule has 0 amide bonds. The number of carbonyl (C=O) groups excluding carboxylic acids is 4. The minimum atomic E-state index is -1.51. The second-order valence-corrected chi connectivity index (χ2v) is 19.6. The number of carbonyl (C=O) groups is 8. The average molecular weight is 1120 g/mol. The molecule has 0 saturated heterocycles. The Kier molecular flexibility index (Phi) is 26.0. The Morgan fingerprint density at radius 3 is 0.805 bits per heavy atom. The van der Waals surface area contributed by atoms with Crippen LogP contribution in [0.3, 0.4) is 0 Å². The number of hydrogen-bond acceptors (Lipinski definition) is 12. The predicted octanol–water partition coefficient (Wildman–Crippen LogP) is 10.9. The summed E-state index contributed by atoms with van der Waals surface area (Å²) >= 11 is 0. The van der Waals surface area contributed by atoms with Crippen molar-refractivity contribution >= 4 is 47.0 Å². The van der Waals surface area contributed by atoms with Crippen LogP contribution in [-0.2, 0) is 76.9 Å². The first-order valence-electron chi connectivity index (χ1n) is 25.6. The number of benzene rings is 6. The molecule has 0 unspecified atom stereocenters. The summed E-state index contributed by atoms with van der Waals surface area (Å²) < 4.78 is 0. The molecule has 0 fully saturated rings. The lowest BCUT2D eigenvalue weighted by Crippen LogP contribution is -2.06. The second-order valence-electron chi connectivity index (χ2n) is 19.6. The zero-order valence-corrected chi connectivity index (χ0v) is 46.9. The van der Waals surface area contributed by atoms with Gasteiger partial charge in [0.2, 0.25) is 23.0 Å². The van der Waals surface area contributed by atoms with Crippen LogP contribution < -0.4 is 0 Å². The molecule has 0 aliphatic rings. The molecule has 82 heavy (non-hydrogen) atoms. The first kappa shape index (κ1) is 66.3. The van der Waals surface area contributed by atoms with E-state index in [0.717, 1.165) is 104 Å². The highest BCUT2D eigenvalue weighted by molar-refractivity contribution is 6.00. The van der Waals surface area contributed by atoms with E-state index in [1.54, 1.807) is 0 Å². The number of allylic oxidation sites excluding steroid dienone is 4. The molecule has 0 heterocycles. The van der Waals surface area contributed by atoms with Gasteiger partial charge in [-0.05, 0) is 135 Å². The van der Waals surface area contributed by atoms with Gasteiger partial charge in [0, 0.05) is 50.0 Å². The zero-order valence-electron chi connectivity index (χ0n) is 46.9. The van der Waals surface area contributed by atoms with E-state index in [-0.39, 0.29) is 25.7 Å². The third-order valence-electron chi connectivity index (χ3n) is 12.4. The average Bonchev–Trinajstić information content (AvgIpc) is 3.42. The highest BCUT2D eigenvalue weighted by Crippen LogP contribution is 2.20. The Balaban J connectivity index is 0.000000291. The monoisotopic (exact) mass is 1120 g/mol. The molecule has 0 aromatic heterocycles. The summed E-state index contributed by atoms with van der Waals surface area (Å²) in [5, 5.41) is 70.1. The van der Waals surface area contributed by atoms with E-state index in [9.17, 15) is 38.4 Å². The van der Waals surface area contributed by atoms with E-state index in [4.69, 9.17) is 40.9 Å². The maximum Gasteiger partial charge on any atom is 0.371 e. The standard InChI is InChI=1S/2C20H20O4.2C13H14O4/c2*1-13-3-6-15(7-4-13)9-17-10-16(8-5-14(17)2)11-18(21)12-19(22)20(23)24;2*1-8-3-4-10(9(2)5-8)6-11(14)7-12(15)13(16)17/h2*3-8,10,12,22H,9,11H2,1-2H3,(H,23,24);2*3-5,7,15H,6H2,1-2H3,(H,16,17)/b2*19-12-;2*12-7-. The molecule has 428 valence electrons. The topological polar surface area (TPSA) is 298 Å². The van der Waals surface area contributed by atoms with Gasteiger partial charge in [0.15, 0.2) is 23.1 Å². The third kappa shape index (κ3) is 24.0. The van der Waals surface area contributed by atoms with Crippen molar-refractivity contribution in [3.8, 4) is 0 Å². The molecule has 0 aliphatic heterocycles. The normalized spacial score (nSPS) is 11.3. The molecule has 0 saturated carbocycles. The van der Waals surface area contributed by atoms with Crippen molar-refractivity contribution in [3.05, 3.63) is 258 Å². The number of aryl methyl sites for hydroxylation is 8. The molecule has 0 bridgehead atoms. The quantitative estimate of drug-likeness (QED) is 0.0260. The van der Waals surface area contributed by atoms with Crippen molar-refractivity contribution in [1.82, 2.24) is 0 Å². The Morgan fingerprint density at radius 1 is 0.280 bits per heavy atom. The largest absolute Gasteiger partial charge is 0.502 e. The van der Waals surface area contributed by atoms with Crippen molar-refractivity contribution in [2.24, 2.45) is 0 Å². The summed E-state index contributed by atoms with van der Waals surface area (Å²) in [7, 11) is 0. The number of ketones is 4. The van der Waals surface area contributed by atoms with Crippen LogP contribution in [0.4, 0.5) is 0 Å². The van der Waals surface area contributed by atoms with Crippen molar-refractivity contribution in [1.29, 1.82) is 0 Å². The fourth-order valence-corrected chi connectivity index (χ4v) is 7.83. The van der Waals surface area contributed by atoms with Crippen LogP contribution in [0.25, 0.3) is 0 Å². The van der Waals surface area contributed by atoms with Gasteiger partial charge in [-0.2, -0.15) is 0 Å². The summed E-state index contributed by atoms with van der Waals surface area (Å²) in [6, 6.07) is 39.4. The van der Waals surface area contributed by atoms with Crippen molar-refractivity contribution < 1.29 is 79.2 Å². The minimum Gasteiger partial charge on any atom is -0.502 e. The number of carboxylic acids is 4. The lowest BCUT2D eigenvalue weighted by atomic mass is 9.96. The molecule has 16 nitrogen and oxygen atoms in total. The van der Waals surface area contributed by atoms with Crippen LogP contribution >= 0.6 is 0 Å². The summed E-state index contributed by atoms with van der Waals surface area (Å²) in [4.78, 5) is 88.3. The summed E-state index contributed by atoms with van der Waals surface area (Å²) in [6.07, 6.45) is 4.80. The van der Waals surface area contributed by atoms with Crippen LogP contribution in [0.5, 0.6) is 0 Å². The van der Waals surface area contributed by atoms with E-state index in [2.05, 4.69) is 48.5 Å². The fourth-order valence-electron chi connectivity index (χ4n) is 7.83. The molecule has 0 spiro atoms. The highest BCUT2D eigenvalue weighted by Gasteiger charge is 2.14. The van der Waals surface area contributed by atoms with Crippen molar-refractivity contribution in [3.63, 3.8) is 0 Å². The first-order valence-corrected chi connectivity index (χ1v) is 25.6. The van der Waals surface area contributed by atoms with Gasteiger partial charge >= 0.3 is 23.9 Å². The Morgan fingerprint density at radius 2 is 0.537 bits per heavy atom. The summed E-state index contributed by atoms with van der Waals surface area (Å²) in [5.74, 6) is -11.5. The SMILES string of the molecule is Cc1ccc(CC(=O)/C=C(\O)C(=O)O)c(C)c1.Cc1ccc(CC(=O)/C=C(\O)C(=O)O)c(C)c1.Cc1ccc(Cc2cc(CC(=O)/C=C(\O)C(=O)O)ccc2C)cc1.Cc1ccc(Cc2cc(CC(=O)/C=C(\O)C(=O)O)ccc2C)cc1. The maximum atomic E-state index is 11.8. The number of aliphatic carboxylic acids is 4. The molecule has 0 atom stereocenters. The van der Waals surface area contributed by atoms with Crippen molar-refractivity contribution in [2.45, 2.75) is 93.9 Å². The van der Waals surface area contributed by atoms with Crippen LogP contribution in [0, 0.1) is 55.4 Å². The predicted molar refractivity (Wildman–Crippen MR) is 310 cm³/mol. The van der Waals surface area contributed by atoms with Gasteiger partial charge < -0.3 is 40.9 Å². The highest BCUT2D eigenvalue weighted by atomic mass is 16.4. The van der Waals surface area contributed by atoms with E-state index in [0.29, 0.717) is 0 Å². The maximum absolute atomic E-state index is 11.8. The van der Waals surface area contributed by atoms with E-state index in [1.807, 2.05) is 128 Å². The Hall–Kier alpha value is -9.96. The van der Waals surface area contributed by atoms with Crippen LogP contribution in [0.1, 0.15) is 89.0 Å². The minimum absolute atomic E-state index is 0.0541. The molecule has 0 radical (unpaired) electrons. The van der Waals surface area contributed by atoms with Gasteiger partial charge in [-0.1, -0.05) is 144 Å². The van der Waals surface area contributed by atoms with Crippen LogP contribution in [-0.4, -0.2) is 87.9 Å². The van der Waals surface area contributed by atoms with E-state index in [1.165, 1.54) is 22.3 Å². The zero-order chi connectivity index (χ0) is 61.4. The molecule has 6 rings (SSSR count). The number of carboxylic acid groups (broad SMARTS) is 4. The lowest BCUT2D eigenvalue weighted by Gasteiger charge is -2.09. The molecule has 8 N–H and O–H groups in total. The van der Waals surface area contributed by atoms with Gasteiger partial charge in [-0.3, -0.25) is 19.2 Å². The number of aliphatic hydroxyl groups is 4. The van der Waals surface area contributed by atoms with Gasteiger partial charge in [0.1, 0.15) is 0 Å². The number of aliphatic hydroxyl groups excluding tert-OH is 4. The smallest absolute Gasteiger partial charge is 0.371 e. The molecular weight excluding hydrogens is 1050 g/mol. The Labute approximate surface area is 476 Å². The van der Waals surface area contributed by atoms with Gasteiger partial charge in [0.05, 0.1) is 0 Å². The summed E-state index contributed by atoms with van der Waals surface area (Å²) in [5.41, 5.74) is 16.7. The fraction of sp³-hybridized carbons (Fsp3) is 0.212. The molecule has 6 aromatic carbocycles. The van der Waals surface area contributed by atoms with Gasteiger partial charge in [0.25, 0.3) is 0 Å². The van der Waals surface area contributed by atoms with E-state index >= 15 is 0 Å². The van der Waals surface area contributed by atoms with Gasteiger partial charge in [-0.15, -0.1) is 0 Å². The van der Waals surface area contributed by atoms with E-state index < -0.39 is 70.0 Å². The van der Waals surface area contributed by atoms with Crippen LogP contribution in [0.2, 0.25) is 0 Å². The number of rotatable bonds is 20. The lowest BCUT2D eigenvalue weighted by molar-refractivity contribution is -0.136. The molecular formula is C66H68O16. The van der Waals surface area contributed by atoms with Crippen LogP contribution in [0.15, 0.2) is 169 Å². The van der Waals surface area contributed by atoms with Gasteiger partial charge in [-0.25, -0.2) is 19.2 Å². The number of hydrogen-bond donors (Lipinski definition) is 8. The third-order valence-corrected chi connectivity index (χ3v) is 12.4. The first-order chi connectivity index (χ1) is 38.5. The molecule has 6 aromatic rings. The summed E-state index contributed by atoms with van der Waals surface area (Å²) in [6.45, 7) is 15.8. The molecule has 0 aliphatic carbocycles.